The Hall–Kier alpha value is -0.570. The molecule has 1 saturated carbocycles. The van der Waals surface area contributed by atoms with Crippen molar-refractivity contribution >= 4 is 5.71 Å². The maximum absolute atomic E-state index is 5.47. The van der Waals surface area contributed by atoms with Crippen LogP contribution in [0.3, 0.4) is 0 Å². The maximum atomic E-state index is 5.47. The lowest BCUT2D eigenvalue weighted by atomic mass is 9.98. The zero-order chi connectivity index (χ0) is 9.10. The highest BCUT2D eigenvalue weighted by atomic mass is 16.5. The van der Waals surface area contributed by atoms with Gasteiger partial charge in [-0.15, -0.1) is 0 Å². The van der Waals surface area contributed by atoms with Crippen LogP contribution >= 0.6 is 0 Å². The molecule has 2 rings (SSSR count). The second kappa shape index (κ2) is 4.09. The van der Waals surface area contributed by atoms with Gasteiger partial charge in [-0.1, -0.05) is 0 Å². The molecule has 1 heterocycles. The van der Waals surface area contributed by atoms with Crippen LogP contribution in [0.5, 0.6) is 0 Å². The lowest BCUT2D eigenvalue weighted by molar-refractivity contribution is 0.0135. The second-order valence-corrected chi connectivity index (χ2v) is 4.06. The van der Waals surface area contributed by atoms with Crippen molar-refractivity contribution in [3.05, 3.63) is 0 Å². The summed E-state index contributed by atoms with van der Waals surface area (Å²) in [7, 11) is 0. The van der Waals surface area contributed by atoms with Gasteiger partial charge in [0, 0.05) is 18.4 Å². The molecule has 2 fully saturated rings. The first-order valence-corrected chi connectivity index (χ1v) is 5.27. The molecule has 0 radical (unpaired) electrons. The molecular formula is C10H18N2O. The van der Waals surface area contributed by atoms with E-state index in [1.165, 1.54) is 25.0 Å². The average Bonchev–Trinajstić information content (AvgIpc) is 2.01. The van der Waals surface area contributed by atoms with Crippen LogP contribution < -0.4 is 5.43 Å². The van der Waals surface area contributed by atoms with Gasteiger partial charge in [0.25, 0.3) is 0 Å². The van der Waals surface area contributed by atoms with Gasteiger partial charge in [-0.3, -0.25) is 0 Å². The fraction of sp³-hybridized carbons (Fsp3) is 0.900. The molecule has 1 saturated heterocycles. The van der Waals surface area contributed by atoms with Crippen LogP contribution in [0, 0.1) is 0 Å². The zero-order valence-electron chi connectivity index (χ0n) is 8.25. The molecule has 1 aliphatic heterocycles. The molecule has 74 valence electrons. The van der Waals surface area contributed by atoms with Gasteiger partial charge in [0.15, 0.2) is 0 Å². The van der Waals surface area contributed by atoms with Crippen molar-refractivity contribution in [3.8, 4) is 0 Å². The molecule has 2 atom stereocenters. The van der Waals surface area contributed by atoms with Crippen LogP contribution in [0.2, 0.25) is 0 Å². The molecule has 13 heavy (non-hydrogen) atoms. The monoisotopic (exact) mass is 182 g/mol. The largest absolute Gasteiger partial charge is 0.378 e. The van der Waals surface area contributed by atoms with Crippen molar-refractivity contribution in [2.75, 3.05) is 6.61 Å². The van der Waals surface area contributed by atoms with E-state index in [0.717, 1.165) is 19.4 Å². The van der Waals surface area contributed by atoms with E-state index in [9.17, 15) is 0 Å². The topological polar surface area (TPSA) is 33.6 Å². The molecule has 0 amide bonds. The van der Waals surface area contributed by atoms with Crippen LogP contribution in [0.4, 0.5) is 0 Å². The van der Waals surface area contributed by atoms with Gasteiger partial charge >= 0.3 is 0 Å². The summed E-state index contributed by atoms with van der Waals surface area (Å²) in [5.74, 6) is 0. The predicted molar refractivity (Wildman–Crippen MR) is 52.9 cm³/mol. The Bertz CT molecular complexity index is 197. The van der Waals surface area contributed by atoms with E-state index >= 15 is 0 Å². The Balaban J connectivity index is 1.73. The summed E-state index contributed by atoms with van der Waals surface area (Å²) in [6.45, 7) is 3.01. The SMILES string of the molecule is CC1CC(NN=C2CCC2)CCO1. The van der Waals surface area contributed by atoms with Crippen LogP contribution in [-0.4, -0.2) is 24.5 Å². The number of hydrogen-bond acceptors (Lipinski definition) is 3. The molecule has 0 aromatic carbocycles. The normalized spacial score (nSPS) is 33.8. The van der Waals surface area contributed by atoms with Gasteiger partial charge in [-0.2, -0.15) is 5.10 Å². The molecule has 1 aliphatic carbocycles. The first-order chi connectivity index (χ1) is 6.34. The van der Waals surface area contributed by atoms with Gasteiger partial charge < -0.3 is 10.2 Å². The van der Waals surface area contributed by atoms with E-state index in [0.29, 0.717) is 12.1 Å². The van der Waals surface area contributed by atoms with Gasteiger partial charge in [-0.25, -0.2) is 0 Å². The fourth-order valence-corrected chi connectivity index (χ4v) is 1.74. The standard InChI is InChI=1S/C10H18N2O/c1-8-7-10(5-6-13-8)12-11-9-3-2-4-9/h8,10,12H,2-7H2,1H3. The van der Waals surface area contributed by atoms with Gasteiger partial charge in [0.1, 0.15) is 0 Å². The van der Waals surface area contributed by atoms with Gasteiger partial charge in [-0.05, 0) is 39.0 Å². The number of nitrogens with one attached hydrogen (secondary N) is 1. The number of rotatable bonds is 2. The van der Waals surface area contributed by atoms with Crippen molar-refractivity contribution in [1.29, 1.82) is 0 Å². The molecule has 0 bridgehead atoms. The molecule has 0 spiro atoms. The smallest absolute Gasteiger partial charge is 0.0567 e. The third kappa shape index (κ3) is 2.44. The lowest BCUT2D eigenvalue weighted by Crippen LogP contribution is -2.36. The van der Waals surface area contributed by atoms with Crippen LogP contribution in [0.1, 0.15) is 39.0 Å². The Morgan fingerprint density at radius 1 is 1.46 bits per heavy atom. The molecular weight excluding hydrogens is 164 g/mol. The minimum absolute atomic E-state index is 0.396. The first kappa shape index (κ1) is 9.00. The van der Waals surface area contributed by atoms with E-state index in [-0.39, 0.29) is 0 Å². The van der Waals surface area contributed by atoms with Crippen molar-refractivity contribution in [1.82, 2.24) is 5.43 Å². The number of hydrogen-bond donors (Lipinski definition) is 1. The van der Waals surface area contributed by atoms with E-state index < -0.39 is 0 Å². The Morgan fingerprint density at radius 3 is 2.92 bits per heavy atom. The van der Waals surface area contributed by atoms with Crippen LogP contribution in [0.15, 0.2) is 5.10 Å². The first-order valence-electron chi connectivity index (χ1n) is 5.27. The molecule has 3 heteroatoms. The van der Waals surface area contributed by atoms with Crippen molar-refractivity contribution < 1.29 is 4.74 Å². The van der Waals surface area contributed by atoms with Crippen LogP contribution in [-0.2, 0) is 4.74 Å². The summed E-state index contributed by atoms with van der Waals surface area (Å²) in [5, 5.41) is 4.40. The highest BCUT2D eigenvalue weighted by Gasteiger charge is 2.19. The maximum Gasteiger partial charge on any atom is 0.0567 e. The van der Waals surface area contributed by atoms with E-state index in [4.69, 9.17) is 4.74 Å². The Morgan fingerprint density at radius 2 is 2.31 bits per heavy atom. The third-order valence-electron chi connectivity index (χ3n) is 2.82. The van der Waals surface area contributed by atoms with Crippen molar-refractivity contribution in [3.63, 3.8) is 0 Å². The van der Waals surface area contributed by atoms with E-state index in [1.54, 1.807) is 0 Å². The molecule has 2 aliphatic rings. The quantitative estimate of drug-likeness (QED) is 0.659. The van der Waals surface area contributed by atoms with Gasteiger partial charge in [0.2, 0.25) is 0 Å². The van der Waals surface area contributed by atoms with Crippen LogP contribution in [0.25, 0.3) is 0 Å². The molecule has 1 N–H and O–H groups in total. The predicted octanol–water partition coefficient (Wildman–Crippen LogP) is 1.68. The summed E-state index contributed by atoms with van der Waals surface area (Å²) in [6.07, 6.45) is 6.31. The van der Waals surface area contributed by atoms with E-state index in [1.807, 2.05) is 0 Å². The highest BCUT2D eigenvalue weighted by Crippen LogP contribution is 2.16. The third-order valence-corrected chi connectivity index (χ3v) is 2.82. The Labute approximate surface area is 79.5 Å². The molecule has 3 nitrogen and oxygen atoms in total. The summed E-state index contributed by atoms with van der Waals surface area (Å²) in [5.41, 5.74) is 4.61. The van der Waals surface area contributed by atoms with Gasteiger partial charge in [0.05, 0.1) is 6.10 Å². The second-order valence-electron chi connectivity index (χ2n) is 4.06. The summed E-state index contributed by atoms with van der Waals surface area (Å²) in [6, 6.07) is 0.539. The zero-order valence-corrected chi connectivity index (χ0v) is 8.25. The average molecular weight is 182 g/mol. The minimum atomic E-state index is 0.396. The number of ether oxygens (including phenoxy) is 1. The minimum Gasteiger partial charge on any atom is -0.378 e. The highest BCUT2D eigenvalue weighted by molar-refractivity contribution is 5.88. The number of nitrogens with zero attached hydrogens (tertiary/aromatic N) is 1. The molecule has 0 aromatic rings. The van der Waals surface area contributed by atoms with E-state index in [2.05, 4.69) is 17.5 Å². The summed E-state index contributed by atoms with van der Waals surface area (Å²) in [4.78, 5) is 0. The number of hydrazone groups is 1. The lowest BCUT2D eigenvalue weighted by Gasteiger charge is -2.27. The summed E-state index contributed by atoms with van der Waals surface area (Å²) >= 11 is 0. The van der Waals surface area contributed by atoms with Crippen molar-refractivity contribution in [2.45, 2.75) is 51.2 Å². The Kier molecular flexibility index (Phi) is 2.83. The summed E-state index contributed by atoms with van der Waals surface area (Å²) < 4.78 is 5.47. The molecule has 2 unspecified atom stereocenters. The molecule has 0 aromatic heterocycles. The fourth-order valence-electron chi connectivity index (χ4n) is 1.74. The van der Waals surface area contributed by atoms with Crippen molar-refractivity contribution in [2.24, 2.45) is 5.10 Å².